The molecule has 0 aromatic carbocycles. The van der Waals surface area contributed by atoms with E-state index in [1.807, 2.05) is 0 Å². The predicted molar refractivity (Wildman–Crippen MR) is 87.0 cm³/mol. The number of hydrogen-bond donors (Lipinski definition) is 0. The molecule has 146 valence electrons. The first kappa shape index (κ1) is 20.3. The molecule has 0 saturated carbocycles. The van der Waals surface area contributed by atoms with Crippen LogP contribution < -0.4 is 5.56 Å². The van der Waals surface area contributed by atoms with Crippen molar-refractivity contribution in [1.29, 1.82) is 0 Å². The fourth-order valence-corrected chi connectivity index (χ4v) is 2.40. The van der Waals surface area contributed by atoms with Crippen molar-refractivity contribution in [1.82, 2.24) is 9.47 Å². The lowest BCUT2D eigenvalue weighted by molar-refractivity contribution is -0.139. The van der Waals surface area contributed by atoms with Crippen LogP contribution in [0, 0.1) is 6.92 Å². The number of furan rings is 1. The summed E-state index contributed by atoms with van der Waals surface area (Å²) in [7, 11) is 2.62. The van der Waals surface area contributed by atoms with Crippen LogP contribution in [-0.4, -0.2) is 35.5 Å². The van der Waals surface area contributed by atoms with Crippen molar-refractivity contribution in [3.05, 3.63) is 57.4 Å². The smallest absolute Gasteiger partial charge is 0.421 e. The van der Waals surface area contributed by atoms with E-state index in [1.165, 1.54) is 25.1 Å². The highest BCUT2D eigenvalue weighted by Gasteiger charge is 2.34. The molecular formula is C17H17F3N2O5. The molecule has 0 aliphatic carbocycles. The summed E-state index contributed by atoms with van der Waals surface area (Å²) in [4.78, 5) is 36.9. The van der Waals surface area contributed by atoms with Gasteiger partial charge in [0, 0.05) is 13.2 Å². The number of alkyl halides is 3. The van der Waals surface area contributed by atoms with Crippen molar-refractivity contribution in [2.75, 3.05) is 14.2 Å². The normalized spacial score (nSPS) is 11.3. The number of rotatable bonds is 5. The second kappa shape index (κ2) is 7.68. The second-order valence-electron chi connectivity index (χ2n) is 5.78. The van der Waals surface area contributed by atoms with Crippen LogP contribution in [-0.2, 0) is 28.8 Å². The number of esters is 1. The molecule has 0 N–H and O–H groups in total. The highest BCUT2D eigenvalue weighted by atomic mass is 19.4. The number of halogens is 3. The fourth-order valence-electron chi connectivity index (χ4n) is 2.40. The number of nitrogens with zero attached hydrogens (tertiary/aromatic N) is 2. The van der Waals surface area contributed by atoms with Crippen LogP contribution in [0.4, 0.5) is 13.2 Å². The molecule has 0 aliphatic heterocycles. The van der Waals surface area contributed by atoms with Gasteiger partial charge in [0.25, 0.3) is 5.56 Å². The lowest BCUT2D eigenvalue weighted by atomic mass is 10.2. The lowest BCUT2D eigenvalue weighted by Crippen LogP contribution is -2.35. The van der Waals surface area contributed by atoms with Gasteiger partial charge in [0.1, 0.15) is 29.2 Å². The van der Waals surface area contributed by atoms with Crippen LogP contribution in [0.1, 0.15) is 27.4 Å². The summed E-state index contributed by atoms with van der Waals surface area (Å²) in [5.74, 6) is -0.593. The Morgan fingerprint density at radius 2 is 2.00 bits per heavy atom. The number of ether oxygens (including phenoxy) is 1. The van der Waals surface area contributed by atoms with Gasteiger partial charge >= 0.3 is 12.1 Å². The molecule has 2 aromatic rings. The maximum absolute atomic E-state index is 12.8. The third-order valence-corrected chi connectivity index (χ3v) is 3.82. The van der Waals surface area contributed by atoms with Gasteiger partial charge in [0.15, 0.2) is 0 Å². The quantitative estimate of drug-likeness (QED) is 0.736. The third-order valence-electron chi connectivity index (χ3n) is 3.82. The Hall–Kier alpha value is -3.04. The molecule has 2 aromatic heterocycles. The Kier molecular flexibility index (Phi) is 5.77. The highest BCUT2D eigenvalue weighted by Crippen LogP contribution is 2.26. The van der Waals surface area contributed by atoms with Crippen LogP contribution in [0.2, 0.25) is 0 Å². The molecule has 0 spiro atoms. The highest BCUT2D eigenvalue weighted by molar-refractivity contribution is 5.90. The number of pyridine rings is 1. The predicted octanol–water partition coefficient (Wildman–Crippen LogP) is 2.21. The molecule has 27 heavy (non-hydrogen) atoms. The van der Waals surface area contributed by atoms with Crippen molar-refractivity contribution < 1.29 is 31.9 Å². The topological polar surface area (TPSA) is 81.8 Å². The number of aromatic nitrogens is 1. The molecule has 0 saturated heterocycles. The number of aryl methyl sites for hydroxylation is 1. The maximum Gasteiger partial charge on any atom is 0.421 e. The summed E-state index contributed by atoms with van der Waals surface area (Å²) in [6, 6.07) is 3.13. The van der Waals surface area contributed by atoms with Gasteiger partial charge < -0.3 is 18.6 Å². The number of hydrogen-bond acceptors (Lipinski definition) is 5. The van der Waals surface area contributed by atoms with Gasteiger partial charge in [-0.25, -0.2) is 4.79 Å². The van der Waals surface area contributed by atoms with Gasteiger partial charge in [0.2, 0.25) is 5.91 Å². The Labute approximate surface area is 151 Å². The minimum Gasteiger partial charge on any atom is -0.465 e. The Morgan fingerprint density at radius 3 is 2.59 bits per heavy atom. The largest absolute Gasteiger partial charge is 0.465 e. The fraction of sp³-hybridized carbons (Fsp3) is 0.353. The van der Waals surface area contributed by atoms with Gasteiger partial charge in [0.05, 0.1) is 13.7 Å². The van der Waals surface area contributed by atoms with Gasteiger partial charge in [-0.1, -0.05) is 0 Å². The summed E-state index contributed by atoms with van der Waals surface area (Å²) >= 11 is 0. The summed E-state index contributed by atoms with van der Waals surface area (Å²) < 4.78 is 49.0. The molecule has 7 nitrogen and oxygen atoms in total. The third kappa shape index (κ3) is 4.57. The zero-order chi connectivity index (χ0) is 20.4. The number of methoxy groups -OCH3 is 1. The van der Waals surface area contributed by atoms with E-state index >= 15 is 0 Å². The van der Waals surface area contributed by atoms with Crippen LogP contribution >= 0.6 is 0 Å². The second-order valence-corrected chi connectivity index (χ2v) is 5.78. The monoisotopic (exact) mass is 386 g/mol. The molecule has 10 heteroatoms. The van der Waals surface area contributed by atoms with Crippen molar-refractivity contribution >= 4 is 11.9 Å². The van der Waals surface area contributed by atoms with Gasteiger partial charge in [-0.2, -0.15) is 13.2 Å². The summed E-state index contributed by atoms with van der Waals surface area (Å²) in [5.41, 5.74) is -2.43. The zero-order valence-corrected chi connectivity index (χ0v) is 14.8. The Morgan fingerprint density at radius 1 is 1.33 bits per heavy atom. The first-order valence-electron chi connectivity index (χ1n) is 7.72. The first-order chi connectivity index (χ1) is 12.5. The molecule has 0 radical (unpaired) electrons. The standard InChI is InChI=1S/C17H17F3N2O5/c1-10-12(16(25)26-3)7-11(27-10)8-21(2)14(23)9-22-6-4-5-13(15(22)24)17(18,19)20/h4-7H,8-9H2,1-3H3. The number of carbonyl (C=O) groups excluding carboxylic acids is 2. The summed E-state index contributed by atoms with van der Waals surface area (Å²) in [6.45, 7) is 0.951. The van der Waals surface area contributed by atoms with Gasteiger partial charge in [-0.3, -0.25) is 9.59 Å². The molecule has 1 amide bonds. The SMILES string of the molecule is COC(=O)c1cc(CN(C)C(=O)Cn2cccc(C(F)(F)F)c2=O)oc1C. The first-order valence-corrected chi connectivity index (χ1v) is 7.72. The molecule has 0 aliphatic rings. The van der Waals surface area contributed by atoms with Gasteiger partial charge in [-0.05, 0) is 25.1 Å². The molecule has 2 rings (SSSR count). The molecule has 0 unspecified atom stereocenters. The molecular weight excluding hydrogens is 369 g/mol. The van der Waals surface area contributed by atoms with Crippen LogP contribution in [0.25, 0.3) is 0 Å². The van der Waals surface area contributed by atoms with E-state index < -0.39 is 35.7 Å². The minimum absolute atomic E-state index is 0.0373. The average Bonchev–Trinajstić information content (AvgIpc) is 2.95. The maximum atomic E-state index is 12.8. The van der Waals surface area contributed by atoms with E-state index in [1.54, 1.807) is 6.92 Å². The lowest BCUT2D eigenvalue weighted by Gasteiger charge is -2.17. The van der Waals surface area contributed by atoms with E-state index in [-0.39, 0.29) is 12.1 Å². The van der Waals surface area contributed by atoms with Gasteiger partial charge in [-0.15, -0.1) is 0 Å². The van der Waals surface area contributed by atoms with Crippen molar-refractivity contribution in [3.63, 3.8) is 0 Å². The van der Waals surface area contributed by atoms with Crippen LogP contribution in [0.3, 0.4) is 0 Å². The van der Waals surface area contributed by atoms with Crippen molar-refractivity contribution in [2.45, 2.75) is 26.2 Å². The Balaban J connectivity index is 2.13. The van der Waals surface area contributed by atoms with E-state index in [0.717, 1.165) is 12.3 Å². The van der Waals surface area contributed by atoms with Crippen LogP contribution in [0.15, 0.2) is 33.6 Å². The molecule has 0 bridgehead atoms. The van der Waals surface area contributed by atoms with E-state index in [0.29, 0.717) is 22.2 Å². The zero-order valence-electron chi connectivity index (χ0n) is 14.8. The summed E-state index contributed by atoms with van der Waals surface area (Å²) in [6.07, 6.45) is -3.69. The number of amides is 1. The van der Waals surface area contributed by atoms with Crippen molar-refractivity contribution in [2.24, 2.45) is 0 Å². The molecule has 0 fully saturated rings. The van der Waals surface area contributed by atoms with E-state index in [2.05, 4.69) is 4.74 Å². The van der Waals surface area contributed by atoms with E-state index in [4.69, 9.17) is 4.42 Å². The summed E-state index contributed by atoms with van der Waals surface area (Å²) in [5, 5.41) is 0. The average molecular weight is 386 g/mol. The minimum atomic E-state index is -4.80. The molecule has 2 heterocycles. The van der Waals surface area contributed by atoms with Crippen LogP contribution in [0.5, 0.6) is 0 Å². The molecule has 0 atom stereocenters. The van der Waals surface area contributed by atoms with Crippen molar-refractivity contribution in [3.8, 4) is 0 Å². The Bertz CT molecular complexity index is 914. The van der Waals surface area contributed by atoms with E-state index in [9.17, 15) is 27.6 Å². The number of carbonyl (C=O) groups is 2. The number of likely N-dealkylation sites (N-methyl/N-ethyl adjacent to an activating group) is 1.